The lowest BCUT2D eigenvalue weighted by Crippen LogP contribution is -1.94. The molecule has 0 aromatic rings. The molecule has 0 aromatic carbocycles. The Morgan fingerprint density at radius 3 is 2.82 bits per heavy atom. The van der Waals surface area contributed by atoms with Gasteiger partial charge >= 0.3 is 0 Å². The Morgan fingerprint density at radius 2 is 2.36 bits per heavy atom. The van der Waals surface area contributed by atoms with E-state index in [2.05, 4.69) is 0 Å². The van der Waals surface area contributed by atoms with Crippen LogP contribution in [0.5, 0.6) is 0 Å². The van der Waals surface area contributed by atoms with Crippen LogP contribution in [0, 0.1) is 6.42 Å². The zero-order valence-corrected chi connectivity index (χ0v) is 7.05. The number of hydrogen-bond donors (Lipinski definition) is 0. The van der Waals surface area contributed by atoms with E-state index in [1.165, 1.54) is 0 Å². The van der Waals surface area contributed by atoms with Gasteiger partial charge in [-0.25, -0.2) is 0 Å². The quantitative estimate of drug-likeness (QED) is 0.551. The van der Waals surface area contributed by atoms with Gasteiger partial charge in [-0.3, -0.25) is 4.79 Å². The van der Waals surface area contributed by atoms with E-state index in [4.69, 9.17) is 0 Å². The summed E-state index contributed by atoms with van der Waals surface area (Å²) in [6.07, 6.45) is 7.42. The number of ketones is 1. The molecule has 0 aliphatic heterocycles. The van der Waals surface area contributed by atoms with Crippen molar-refractivity contribution < 1.29 is 4.79 Å². The molecule has 59 valence electrons. The van der Waals surface area contributed by atoms with Gasteiger partial charge in [0.2, 0.25) is 0 Å². The van der Waals surface area contributed by atoms with Crippen LogP contribution in [0.25, 0.3) is 0 Å². The topological polar surface area (TPSA) is 17.1 Å². The predicted octanol–water partition coefficient (Wildman–Crippen LogP) is 2.45. The van der Waals surface area contributed by atoms with Gasteiger partial charge < -0.3 is 0 Å². The van der Waals surface area contributed by atoms with Gasteiger partial charge in [0.05, 0.1) is 0 Å². The second kappa shape index (κ2) is 3.51. The summed E-state index contributed by atoms with van der Waals surface area (Å²) < 4.78 is 0. The number of rotatable bonds is 2. The molecule has 0 aromatic heterocycles. The fraction of sp³-hybridized carbons (Fsp3) is 0.400. The molecule has 0 amide bonds. The number of carbonyl (C=O) groups excluding carboxylic acids is 1. The lowest BCUT2D eigenvalue weighted by molar-refractivity contribution is -0.114. The van der Waals surface area contributed by atoms with Crippen molar-refractivity contribution in [3.63, 3.8) is 0 Å². The molecular formula is C10H13O. The first-order valence-electron chi connectivity index (χ1n) is 3.93. The smallest absolute Gasteiger partial charge is 0.159 e. The molecule has 0 saturated carbocycles. The van der Waals surface area contributed by atoms with E-state index in [0.717, 1.165) is 17.6 Å². The average Bonchev–Trinajstić information content (AvgIpc) is 2.29. The van der Waals surface area contributed by atoms with E-state index in [1.54, 1.807) is 0 Å². The summed E-state index contributed by atoms with van der Waals surface area (Å²) in [5.74, 6) is 0.292. The summed E-state index contributed by atoms with van der Waals surface area (Å²) in [7, 11) is 0. The zero-order valence-electron chi connectivity index (χ0n) is 7.05. The van der Waals surface area contributed by atoms with Gasteiger partial charge in [-0.2, -0.15) is 0 Å². The first-order chi connectivity index (χ1) is 5.25. The molecule has 0 saturated heterocycles. The van der Waals surface area contributed by atoms with Gasteiger partial charge in [-0.15, -0.1) is 0 Å². The molecule has 1 heteroatoms. The fourth-order valence-corrected chi connectivity index (χ4v) is 1.22. The van der Waals surface area contributed by atoms with Gasteiger partial charge in [0, 0.05) is 6.42 Å². The van der Waals surface area contributed by atoms with Crippen molar-refractivity contribution in [1.82, 2.24) is 0 Å². The van der Waals surface area contributed by atoms with Crippen molar-refractivity contribution in [2.75, 3.05) is 0 Å². The van der Waals surface area contributed by atoms with E-state index in [1.807, 2.05) is 32.4 Å². The molecule has 1 radical (unpaired) electrons. The summed E-state index contributed by atoms with van der Waals surface area (Å²) in [5, 5.41) is 0. The second-order valence-corrected chi connectivity index (χ2v) is 2.77. The molecule has 0 bridgehead atoms. The number of carbonyl (C=O) groups is 1. The van der Waals surface area contributed by atoms with Crippen LogP contribution in [-0.2, 0) is 4.79 Å². The minimum Gasteiger partial charge on any atom is -0.295 e. The molecule has 0 atom stereocenters. The highest BCUT2D eigenvalue weighted by atomic mass is 16.1. The van der Waals surface area contributed by atoms with Crippen molar-refractivity contribution in [2.45, 2.75) is 26.7 Å². The van der Waals surface area contributed by atoms with Crippen molar-refractivity contribution in [3.8, 4) is 0 Å². The summed E-state index contributed by atoms with van der Waals surface area (Å²) in [6.45, 7) is 3.97. The van der Waals surface area contributed by atoms with Crippen LogP contribution in [0.4, 0.5) is 0 Å². The van der Waals surface area contributed by atoms with Crippen LogP contribution in [0.1, 0.15) is 26.7 Å². The maximum absolute atomic E-state index is 11.2. The molecule has 1 nitrogen and oxygen atoms in total. The van der Waals surface area contributed by atoms with Crippen molar-refractivity contribution >= 4 is 5.78 Å². The van der Waals surface area contributed by atoms with Crippen molar-refractivity contribution in [3.05, 3.63) is 29.7 Å². The third kappa shape index (κ3) is 1.79. The molecule has 0 fully saturated rings. The largest absolute Gasteiger partial charge is 0.295 e. The normalized spacial score (nSPS) is 18.9. The maximum atomic E-state index is 11.2. The van der Waals surface area contributed by atoms with Gasteiger partial charge in [-0.1, -0.05) is 17.7 Å². The van der Waals surface area contributed by atoms with Crippen LogP contribution < -0.4 is 0 Å². The summed E-state index contributed by atoms with van der Waals surface area (Å²) in [5.41, 5.74) is 2.15. The molecule has 0 N–H and O–H groups in total. The predicted molar refractivity (Wildman–Crippen MR) is 46.1 cm³/mol. The van der Waals surface area contributed by atoms with Gasteiger partial charge in [-0.05, 0) is 32.3 Å². The maximum Gasteiger partial charge on any atom is 0.159 e. The van der Waals surface area contributed by atoms with E-state index >= 15 is 0 Å². The molecule has 1 aliphatic carbocycles. The summed E-state index contributed by atoms with van der Waals surface area (Å²) >= 11 is 0. The number of hydrogen-bond acceptors (Lipinski definition) is 1. The second-order valence-electron chi connectivity index (χ2n) is 2.77. The average molecular weight is 149 g/mol. The zero-order chi connectivity index (χ0) is 8.27. The SMILES string of the molecule is C/C=C\CC1=C(C)[CH]CC1=O. The molecular weight excluding hydrogens is 136 g/mol. The van der Waals surface area contributed by atoms with Gasteiger partial charge in [0.1, 0.15) is 0 Å². The Bertz CT molecular complexity index is 221. The Morgan fingerprint density at radius 1 is 1.64 bits per heavy atom. The van der Waals surface area contributed by atoms with E-state index in [0.29, 0.717) is 12.2 Å². The fourth-order valence-electron chi connectivity index (χ4n) is 1.22. The number of Topliss-reactive ketones (excluding diaryl/α,β-unsaturated/α-hetero) is 1. The lowest BCUT2D eigenvalue weighted by atomic mass is 10.1. The van der Waals surface area contributed by atoms with Gasteiger partial charge in [0.15, 0.2) is 5.78 Å². The molecule has 0 spiro atoms. The van der Waals surface area contributed by atoms with Crippen LogP contribution in [0.15, 0.2) is 23.3 Å². The Hall–Kier alpha value is -0.850. The molecule has 11 heavy (non-hydrogen) atoms. The lowest BCUT2D eigenvalue weighted by Gasteiger charge is -1.95. The van der Waals surface area contributed by atoms with Crippen molar-refractivity contribution in [1.29, 1.82) is 0 Å². The Kier molecular flexibility index (Phi) is 2.64. The first-order valence-corrected chi connectivity index (χ1v) is 3.93. The molecule has 0 heterocycles. The standard InChI is InChI=1S/C10H13O/c1-3-4-5-9-8(2)6-7-10(9)11/h3-4,6H,5,7H2,1-2H3/b4-3-. The van der Waals surface area contributed by atoms with Crippen LogP contribution in [-0.4, -0.2) is 5.78 Å². The van der Waals surface area contributed by atoms with Crippen LogP contribution in [0.3, 0.4) is 0 Å². The van der Waals surface area contributed by atoms with E-state index in [9.17, 15) is 4.79 Å². The monoisotopic (exact) mass is 149 g/mol. The highest BCUT2D eigenvalue weighted by Crippen LogP contribution is 2.23. The van der Waals surface area contributed by atoms with Gasteiger partial charge in [0.25, 0.3) is 0 Å². The Labute approximate surface area is 67.8 Å². The summed E-state index contributed by atoms with van der Waals surface area (Å²) in [4.78, 5) is 11.2. The summed E-state index contributed by atoms with van der Waals surface area (Å²) in [6, 6.07) is 0. The highest BCUT2D eigenvalue weighted by molar-refractivity contribution is 6.00. The molecule has 1 aliphatic rings. The van der Waals surface area contributed by atoms with Crippen molar-refractivity contribution in [2.24, 2.45) is 0 Å². The third-order valence-corrected chi connectivity index (χ3v) is 1.96. The van der Waals surface area contributed by atoms with E-state index in [-0.39, 0.29) is 0 Å². The highest BCUT2D eigenvalue weighted by Gasteiger charge is 2.18. The molecule has 1 rings (SSSR count). The first kappa shape index (κ1) is 8.25. The minimum atomic E-state index is 0.292. The Balaban J connectivity index is 2.67. The third-order valence-electron chi connectivity index (χ3n) is 1.96. The van der Waals surface area contributed by atoms with E-state index < -0.39 is 0 Å². The van der Waals surface area contributed by atoms with Crippen LogP contribution >= 0.6 is 0 Å². The van der Waals surface area contributed by atoms with Crippen LogP contribution in [0.2, 0.25) is 0 Å². The number of allylic oxidation sites excluding steroid dienone is 4. The minimum absolute atomic E-state index is 0.292. The molecule has 0 unspecified atom stereocenters.